The number of methoxy groups -OCH3 is 1. The minimum Gasteiger partial charge on any atom is -0.467 e. The number of fused-ring (bicyclic) bond motifs is 5. The number of carbonyl (C=O) groups excluding carboxylic acids is 6. The summed E-state index contributed by atoms with van der Waals surface area (Å²) in [5.74, 6) is -3.21. The third-order valence-corrected chi connectivity index (χ3v) is 12.8. The van der Waals surface area contributed by atoms with Crippen molar-refractivity contribution in [2.45, 2.75) is 136 Å². The van der Waals surface area contributed by atoms with Gasteiger partial charge in [-0.2, -0.15) is 5.10 Å². The Hall–Kier alpha value is -3.83. The summed E-state index contributed by atoms with van der Waals surface area (Å²) < 4.78 is 39.0. The second-order valence-corrected chi connectivity index (χ2v) is 16.0. The summed E-state index contributed by atoms with van der Waals surface area (Å²) in [4.78, 5) is 73.3. The first-order valence-electron chi connectivity index (χ1n) is 18.7. The van der Waals surface area contributed by atoms with Gasteiger partial charge in [0.05, 0.1) is 25.5 Å². The van der Waals surface area contributed by atoms with Crippen molar-refractivity contribution in [1.82, 2.24) is 5.43 Å². The molecule has 0 aromatic heterocycles. The Morgan fingerprint density at radius 2 is 1.46 bits per heavy atom. The molecule has 1 heterocycles. The number of hydrogen-bond donors (Lipinski definition) is 3. The number of esters is 5. The van der Waals surface area contributed by atoms with Crippen molar-refractivity contribution in [1.29, 1.82) is 0 Å². The maximum absolute atomic E-state index is 12.9. The molecule has 0 bridgehead atoms. The van der Waals surface area contributed by atoms with Crippen LogP contribution in [0, 0.1) is 40.4 Å². The highest BCUT2D eigenvalue weighted by atomic mass is 16.7. The molecule has 5 rings (SSSR count). The van der Waals surface area contributed by atoms with Gasteiger partial charge in [-0.3, -0.25) is 19.2 Å². The van der Waals surface area contributed by atoms with Gasteiger partial charge < -0.3 is 44.0 Å². The van der Waals surface area contributed by atoms with Gasteiger partial charge in [0.2, 0.25) is 0 Å². The van der Waals surface area contributed by atoms with E-state index in [-0.39, 0.29) is 47.8 Å². The zero-order chi connectivity index (χ0) is 39.7. The normalized spacial score (nSPS) is 40.1. The first-order chi connectivity index (χ1) is 25.4. The van der Waals surface area contributed by atoms with Crippen molar-refractivity contribution >= 4 is 41.6 Å². The number of ether oxygens (including phenoxy) is 7. The number of amides is 2. The molecule has 302 valence electrons. The Kier molecular flexibility index (Phi) is 12.6. The number of carbonyl (C=O) groups is 6. The van der Waals surface area contributed by atoms with Gasteiger partial charge in [-0.05, 0) is 85.9 Å². The summed E-state index contributed by atoms with van der Waals surface area (Å²) in [6, 6.07) is -0.914. The third-order valence-electron chi connectivity index (χ3n) is 12.8. The largest absolute Gasteiger partial charge is 0.467 e. The lowest BCUT2D eigenvalue weighted by atomic mass is 9.44. The number of nitrogens with one attached hydrogen (secondary N) is 1. The summed E-state index contributed by atoms with van der Waals surface area (Å²) in [6.07, 6.45) is -2.34. The second-order valence-electron chi connectivity index (χ2n) is 16.0. The fourth-order valence-electron chi connectivity index (χ4n) is 11.0. The highest BCUT2D eigenvalue weighted by molar-refractivity contribution is 5.90. The van der Waals surface area contributed by atoms with Gasteiger partial charge in [0.15, 0.2) is 30.7 Å². The Balaban J connectivity index is 1.42. The predicted octanol–water partition coefficient (Wildman–Crippen LogP) is 2.28. The molecule has 5 fully saturated rings. The number of aliphatic hydroxyl groups is 1. The van der Waals surface area contributed by atoms with Crippen LogP contribution in [0.25, 0.3) is 0 Å². The molecule has 0 aromatic carbocycles. The summed E-state index contributed by atoms with van der Waals surface area (Å²) >= 11 is 0. The standard InChI is InChI=1S/C37H55N3O14/c1-17(41)50-22-12-13-36(5)21(14-22)8-9-23-24-10-11-25(37(24,6)15-27(45)28(23)36)26(39-40-35(38)47)16-49-34-32(53-20(4)44)30(52-19(3)43)29(51-18(2)42)31(54-34)33(46)48-7/h21-25,27-32,34,45H,8-16H2,1-7H3,(H3,38,40,47)/b39-26+/t21-,22-,23+,24-,25+,27-,28+,29-,30-,31-,32+,34+,36+,37+/m1/s1. The van der Waals surface area contributed by atoms with Gasteiger partial charge in [-0.15, -0.1) is 0 Å². The maximum Gasteiger partial charge on any atom is 0.339 e. The van der Waals surface area contributed by atoms with Crippen LogP contribution in [0.5, 0.6) is 0 Å². The van der Waals surface area contributed by atoms with Crippen LogP contribution >= 0.6 is 0 Å². The van der Waals surface area contributed by atoms with Crippen LogP contribution < -0.4 is 11.2 Å². The molecule has 4 N–H and O–H groups in total. The van der Waals surface area contributed by atoms with Crippen LogP contribution in [0.2, 0.25) is 0 Å². The molecule has 1 aliphatic heterocycles. The summed E-state index contributed by atoms with van der Waals surface area (Å²) in [7, 11) is 1.09. The van der Waals surface area contributed by atoms with Gasteiger partial charge in [0.25, 0.3) is 0 Å². The van der Waals surface area contributed by atoms with E-state index >= 15 is 0 Å². The number of primary amides is 1. The van der Waals surface area contributed by atoms with Crippen LogP contribution in [0.1, 0.15) is 92.9 Å². The van der Waals surface area contributed by atoms with E-state index in [0.29, 0.717) is 24.5 Å². The van der Waals surface area contributed by atoms with Gasteiger partial charge in [0, 0.05) is 33.6 Å². The van der Waals surface area contributed by atoms with Crippen LogP contribution in [-0.4, -0.2) is 103 Å². The smallest absolute Gasteiger partial charge is 0.339 e. The minimum absolute atomic E-state index is 0.0606. The summed E-state index contributed by atoms with van der Waals surface area (Å²) in [5, 5.41) is 16.4. The molecule has 0 radical (unpaired) electrons. The van der Waals surface area contributed by atoms with Gasteiger partial charge >= 0.3 is 35.9 Å². The Labute approximate surface area is 314 Å². The van der Waals surface area contributed by atoms with Gasteiger partial charge in [-0.25, -0.2) is 15.0 Å². The summed E-state index contributed by atoms with van der Waals surface area (Å²) in [6.45, 7) is 8.82. The average molecular weight is 766 g/mol. The van der Waals surface area contributed by atoms with Crippen molar-refractivity contribution in [3.63, 3.8) is 0 Å². The van der Waals surface area contributed by atoms with E-state index in [1.807, 2.05) is 0 Å². The van der Waals surface area contributed by atoms with E-state index in [9.17, 15) is 33.9 Å². The van der Waals surface area contributed by atoms with Crippen LogP contribution in [-0.2, 0) is 57.1 Å². The average Bonchev–Trinajstić information content (AvgIpc) is 3.41. The Morgan fingerprint density at radius 1 is 0.833 bits per heavy atom. The molecule has 0 spiro atoms. The monoisotopic (exact) mass is 765 g/mol. The molecule has 4 aliphatic carbocycles. The van der Waals surface area contributed by atoms with Gasteiger partial charge in [0.1, 0.15) is 6.10 Å². The minimum atomic E-state index is -1.65. The van der Waals surface area contributed by atoms with E-state index in [1.165, 1.54) is 6.92 Å². The topological polar surface area (TPSA) is 238 Å². The fraction of sp³-hybridized carbons (Fsp3) is 0.811. The lowest BCUT2D eigenvalue weighted by Crippen LogP contribution is -2.64. The van der Waals surface area contributed by atoms with Crippen LogP contribution in [0.4, 0.5) is 4.79 Å². The Bertz CT molecular complexity index is 1510. The van der Waals surface area contributed by atoms with Crippen LogP contribution in [0.3, 0.4) is 0 Å². The molecule has 5 aliphatic rings. The highest BCUT2D eigenvalue weighted by Gasteiger charge is 2.64. The molecule has 14 atom stereocenters. The van der Waals surface area contributed by atoms with E-state index in [0.717, 1.165) is 66.4 Å². The summed E-state index contributed by atoms with van der Waals surface area (Å²) in [5.41, 5.74) is 7.54. The molecule has 0 unspecified atom stereocenters. The molecule has 2 amide bonds. The number of hydrazone groups is 1. The fourth-order valence-corrected chi connectivity index (χ4v) is 11.0. The van der Waals surface area contributed by atoms with Crippen molar-refractivity contribution in [2.24, 2.45) is 51.3 Å². The number of nitrogens with zero attached hydrogens (tertiary/aromatic N) is 1. The Morgan fingerprint density at radius 3 is 2.07 bits per heavy atom. The van der Waals surface area contributed by atoms with Crippen molar-refractivity contribution < 1.29 is 67.0 Å². The van der Waals surface area contributed by atoms with Crippen LogP contribution in [0.15, 0.2) is 5.10 Å². The lowest BCUT2D eigenvalue weighted by molar-refractivity contribution is -0.298. The number of aliphatic hydroxyl groups excluding tert-OH is 1. The molecule has 17 nitrogen and oxygen atoms in total. The maximum atomic E-state index is 12.9. The highest BCUT2D eigenvalue weighted by Crippen LogP contribution is 2.67. The van der Waals surface area contributed by atoms with Crippen molar-refractivity contribution in [2.75, 3.05) is 13.7 Å². The number of nitrogens with two attached hydrogens (primary N) is 1. The SMILES string of the molecule is COC(=O)[C@@H]1O[C@H](OC/C(=N\NC(N)=O)[C@@H]2CC[C@@H]3[C@@H]4CC[C@@H]5C[C@H](OC(C)=O)CC[C@]5(C)[C@@H]4[C@H](O)C[C@@]32C)[C@@H](OC(C)=O)[C@H](OC(C)=O)[C@H]1OC(C)=O. The van der Waals surface area contributed by atoms with E-state index in [2.05, 4.69) is 24.4 Å². The van der Waals surface area contributed by atoms with E-state index in [1.54, 1.807) is 0 Å². The zero-order valence-corrected chi connectivity index (χ0v) is 32.1. The first-order valence-corrected chi connectivity index (χ1v) is 18.7. The number of rotatable bonds is 10. The third kappa shape index (κ3) is 8.37. The van der Waals surface area contributed by atoms with Gasteiger partial charge in [-0.1, -0.05) is 13.8 Å². The quantitative estimate of drug-likeness (QED) is 0.125. The molecule has 0 aromatic rings. The molecule has 17 heteroatoms. The lowest BCUT2D eigenvalue weighted by Gasteiger charge is -2.62. The molecule has 4 saturated carbocycles. The van der Waals surface area contributed by atoms with E-state index < -0.39 is 72.1 Å². The molecular weight excluding hydrogens is 710 g/mol. The zero-order valence-electron chi connectivity index (χ0n) is 32.1. The number of urea groups is 1. The van der Waals surface area contributed by atoms with E-state index in [4.69, 9.17) is 38.9 Å². The molecule has 1 saturated heterocycles. The second kappa shape index (κ2) is 16.5. The predicted molar refractivity (Wildman–Crippen MR) is 186 cm³/mol. The van der Waals surface area contributed by atoms with Crippen molar-refractivity contribution in [3.8, 4) is 0 Å². The van der Waals surface area contributed by atoms with Crippen molar-refractivity contribution in [3.05, 3.63) is 0 Å². The number of hydrogen-bond acceptors (Lipinski definition) is 15. The first kappa shape index (κ1) is 41.3. The molecule has 54 heavy (non-hydrogen) atoms. The molecular formula is C37H55N3O14.